The minimum atomic E-state index is -0.227. The normalized spacial score (nSPS) is 14.3. The van der Waals surface area contributed by atoms with Crippen molar-refractivity contribution < 1.29 is 4.79 Å². The number of nitrogens with zero attached hydrogens (tertiary/aromatic N) is 1. The molecule has 18 heavy (non-hydrogen) atoms. The summed E-state index contributed by atoms with van der Waals surface area (Å²) in [6.07, 6.45) is 1.06. The zero-order chi connectivity index (χ0) is 13.5. The third kappa shape index (κ3) is 3.82. The van der Waals surface area contributed by atoms with Crippen molar-refractivity contribution in [3.05, 3.63) is 35.9 Å². The summed E-state index contributed by atoms with van der Waals surface area (Å²) in [6, 6.07) is 10.2. The van der Waals surface area contributed by atoms with Crippen LogP contribution in [0.5, 0.6) is 0 Å². The van der Waals surface area contributed by atoms with Crippen molar-refractivity contribution >= 4 is 5.91 Å². The average Bonchev–Trinajstić information content (AvgIpc) is 2.43. The van der Waals surface area contributed by atoms with Gasteiger partial charge in [-0.25, -0.2) is 5.84 Å². The molecule has 2 unspecified atom stereocenters. The molecule has 1 amide bonds. The summed E-state index contributed by atoms with van der Waals surface area (Å²) in [7, 11) is 2.04. The predicted octanol–water partition coefficient (Wildman–Crippen LogP) is 1.49. The molecule has 0 aliphatic rings. The monoisotopic (exact) mass is 249 g/mol. The minimum Gasteiger partial charge on any atom is -0.303 e. The fourth-order valence-electron chi connectivity index (χ4n) is 1.91. The summed E-state index contributed by atoms with van der Waals surface area (Å²) >= 11 is 0. The van der Waals surface area contributed by atoms with Crippen LogP contribution in [0, 0.1) is 0 Å². The maximum Gasteiger partial charge on any atom is 0.242 e. The molecular weight excluding hydrogens is 226 g/mol. The fraction of sp³-hybridized carbons (Fsp3) is 0.500. The summed E-state index contributed by atoms with van der Waals surface area (Å²) in [4.78, 5) is 14.1. The highest BCUT2D eigenvalue weighted by molar-refractivity contribution is 5.83. The Labute approximate surface area is 109 Å². The maximum absolute atomic E-state index is 11.9. The molecule has 1 rings (SSSR count). The Balaban J connectivity index is 2.84. The first kappa shape index (κ1) is 14.7. The first-order chi connectivity index (χ1) is 8.60. The Morgan fingerprint density at radius 2 is 2.00 bits per heavy atom. The van der Waals surface area contributed by atoms with E-state index in [9.17, 15) is 4.79 Å². The molecule has 0 aromatic heterocycles. The van der Waals surface area contributed by atoms with Crippen LogP contribution in [0.1, 0.15) is 31.7 Å². The molecule has 2 atom stereocenters. The van der Waals surface area contributed by atoms with Crippen LogP contribution in [-0.2, 0) is 4.79 Å². The van der Waals surface area contributed by atoms with Crippen molar-refractivity contribution in [1.29, 1.82) is 0 Å². The van der Waals surface area contributed by atoms with Crippen molar-refractivity contribution in [2.24, 2.45) is 5.84 Å². The zero-order valence-electron chi connectivity index (χ0n) is 11.4. The third-order valence-corrected chi connectivity index (χ3v) is 3.47. The van der Waals surface area contributed by atoms with Gasteiger partial charge >= 0.3 is 0 Å². The molecule has 0 radical (unpaired) electrons. The Morgan fingerprint density at radius 3 is 2.50 bits per heavy atom. The first-order valence-electron chi connectivity index (χ1n) is 6.35. The van der Waals surface area contributed by atoms with Gasteiger partial charge in [0.05, 0.1) is 5.92 Å². The SMILES string of the molecule is CCC(C)N(C)CC(C(=O)NN)c1ccccc1. The summed E-state index contributed by atoms with van der Waals surface area (Å²) < 4.78 is 0. The van der Waals surface area contributed by atoms with E-state index in [0.29, 0.717) is 12.6 Å². The topological polar surface area (TPSA) is 58.4 Å². The van der Waals surface area contributed by atoms with Gasteiger partial charge in [0.2, 0.25) is 5.91 Å². The second-order valence-corrected chi connectivity index (χ2v) is 4.67. The Bertz CT molecular complexity index is 367. The minimum absolute atomic E-state index is 0.142. The van der Waals surface area contributed by atoms with Crippen LogP contribution in [0.15, 0.2) is 30.3 Å². The molecule has 0 aliphatic heterocycles. The third-order valence-electron chi connectivity index (χ3n) is 3.47. The molecule has 0 fully saturated rings. The number of hydrogen-bond donors (Lipinski definition) is 2. The standard InChI is InChI=1S/C14H23N3O/c1-4-11(2)17(3)10-13(14(18)16-15)12-8-6-5-7-9-12/h5-9,11,13H,4,10,15H2,1-3H3,(H,16,18). The summed E-state index contributed by atoms with van der Waals surface area (Å²) in [5.74, 6) is 4.91. The molecule has 100 valence electrons. The zero-order valence-corrected chi connectivity index (χ0v) is 11.4. The molecule has 0 aliphatic carbocycles. The second kappa shape index (κ2) is 7.13. The number of carbonyl (C=O) groups excluding carboxylic acids is 1. The van der Waals surface area contributed by atoms with Crippen molar-refractivity contribution in [3.8, 4) is 0 Å². The van der Waals surface area contributed by atoms with Gasteiger partial charge in [-0.05, 0) is 26.0 Å². The molecular formula is C14H23N3O. The number of benzene rings is 1. The van der Waals surface area contributed by atoms with Crippen LogP contribution in [0.4, 0.5) is 0 Å². The van der Waals surface area contributed by atoms with E-state index < -0.39 is 0 Å². The van der Waals surface area contributed by atoms with Crippen molar-refractivity contribution in [2.45, 2.75) is 32.2 Å². The van der Waals surface area contributed by atoms with Crippen LogP contribution in [0.3, 0.4) is 0 Å². The van der Waals surface area contributed by atoms with E-state index in [4.69, 9.17) is 5.84 Å². The molecule has 1 aromatic rings. The van der Waals surface area contributed by atoms with E-state index in [1.807, 2.05) is 37.4 Å². The number of nitrogens with two attached hydrogens (primary N) is 1. The lowest BCUT2D eigenvalue weighted by Crippen LogP contribution is -2.41. The van der Waals surface area contributed by atoms with Crippen LogP contribution in [0.2, 0.25) is 0 Å². The molecule has 4 heteroatoms. The number of nitrogens with one attached hydrogen (secondary N) is 1. The van der Waals surface area contributed by atoms with Gasteiger partial charge in [0.1, 0.15) is 0 Å². The van der Waals surface area contributed by atoms with Gasteiger partial charge < -0.3 is 4.90 Å². The average molecular weight is 249 g/mol. The van der Waals surface area contributed by atoms with Crippen molar-refractivity contribution in [3.63, 3.8) is 0 Å². The van der Waals surface area contributed by atoms with E-state index in [1.165, 1.54) is 0 Å². The Morgan fingerprint density at radius 1 is 1.39 bits per heavy atom. The summed E-state index contributed by atoms with van der Waals surface area (Å²) in [5, 5.41) is 0. The lowest BCUT2D eigenvalue weighted by atomic mass is 9.97. The van der Waals surface area contributed by atoms with E-state index in [2.05, 4.69) is 24.2 Å². The predicted molar refractivity (Wildman–Crippen MR) is 73.9 cm³/mol. The summed E-state index contributed by atoms with van der Waals surface area (Å²) in [6.45, 7) is 4.96. The highest BCUT2D eigenvalue weighted by Crippen LogP contribution is 2.18. The van der Waals surface area contributed by atoms with Gasteiger partial charge in [-0.2, -0.15) is 0 Å². The van der Waals surface area contributed by atoms with Crippen LogP contribution >= 0.6 is 0 Å². The molecule has 0 saturated carbocycles. The van der Waals surface area contributed by atoms with E-state index >= 15 is 0 Å². The molecule has 3 N–H and O–H groups in total. The van der Waals surface area contributed by atoms with Crippen molar-refractivity contribution in [1.82, 2.24) is 10.3 Å². The fourth-order valence-corrected chi connectivity index (χ4v) is 1.91. The highest BCUT2D eigenvalue weighted by Gasteiger charge is 2.22. The molecule has 0 bridgehead atoms. The highest BCUT2D eigenvalue weighted by atomic mass is 16.2. The van der Waals surface area contributed by atoms with Gasteiger partial charge in [0.15, 0.2) is 0 Å². The smallest absolute Gasteiger partial charge is 0.242 e. The molecule has 0 saturated heterocycles. The summed E-state index contributed by atoms with van der Waals surface area (Å²) in [5.41, 5.74) is 3.26. The molecule has 1 aromatic carbocycles. The van der Waals surface area contributed by atoms with E-state index in [0.717, 1.165) is 12.0 Å². The van der Waals surface area contributed by atoms with Gasteiger partial charge in [-0.3, -0.25) is 10.2 Å². The Hall–Kier alpha value is -1.39. The van der Waals surface area contributed by atoms with E-state index in [1.54, 1.807) is 0 Å². The Kier molecular flexibility index (Phi) is 5.82. The van der Waals surface area contributed by atoms with Gasteiger partial charge in [0.25, 0.3) is 0 Å². The maximum atomic E-state index is 11.9. The van der Waals surface area contributed by atoms with Crippen molar-refractivity contribution in [2.75, 3.05) is 13.6 Å². The number of amides is 1. The number of hydrazine groups is 1. The molecule has 0 spiro atoms. The van der Waals surface area contributed by atoms with Crippen LogP contribution in [0.25, 0.3) is 0 Å². The largest absolute Gasteiger partial charge is 0.303 e. The van der Waals surface area contributed by atoms with Gasteiger partial charge in [-0.15, -0.1) is 0 Å². The number of rotatable bonds is 6. The van der Waals surface area contributed by atoms with Gasteiger partial charge in [0, 0.05) is 12.6 Å². The lowest BCUT2D eigenvalue weighted by molar-refractivity contribution is -0.123. The first-order valence-corrected chi connectivity index (χ1v) is 6.35. The van der Waals surface area contributed by atoms with E-state index in [-0.39, 0.29) is 11.8 Å². The number of hydrogen-bond acceptors (Lipinski definition) is 3. The van der Waals surface area contributed by atoms with Gasteiger partial charge in [-0.1, -0.05) is 37.3 Å². The molecule has 0 heterocycles. The van der Waals surface area contributed by atoms with Crippen LogP contribution < -0.4 is 11.3 Å². The number of carbonyl (C=O) groups is 1. The number of likely N-dealkylation sites (N-methyl/N-ethyl adjacent to an activating group) is 1. The molecule has 4 nitrogen and oxygen atoms in total. The van der Waals surface area contributed by atoms with Crippen LogP contribution in [-0.4, -0.2) is 30.4 Å². The second-order valence-electron chi connectivity index (χ2n) is 4.67. The lowest BCUT2D eigenvalue weighted by Gasteiger charge is -2.27. The quantitative estimate of drug-likeness (QED) is 0.456.